The monoisotopic (exact) mass is 577 g/mol. The van der Waals surface area contributed by atoms with Gasteiger partial charge in [-0.1, -0.05) is 65.7 Å². The Morgan fingerprint density at radius 3 is 2.10 bits per heavy atom. The van der Waals surface area contributed by atoms with Crippen LogP contribution in [-0.4, -0.2) is 58.8 Å². The second-order valence-corrected chi connectivity index (χ2v) is 10.4. The Bertz CT molecular complexity index is 1490. The number of rotatable bonds is 7. The van der Waals surface area contributed by atoms with E-state index in [1.54, 1.807) is 54.6 Å². The summed E-state index contributed by atoms with van der Waals surface area (Å²) < 4.78 is 47.9. The quantitative estimate of drug-likeness (QED) is 0.407. The van der Waals surface area contributed by atoms with Crippen molar-refractivity contribution >= 4 is 17.8 Å². The third kappa shape index (κ3) is 5.55. The van der Waals surface area contributed by atoms with Gasteiger partial charge in [-0.05, 0) is 49.8 Å². The summed E-state index contributed by atoms with van der Waals surface area (Å²) in [5.41, 5.74) is -0.598. The average Bonchev–Trinajstić information content (AvgIpc) is 3.38. The van der Waals surface area contributed by atoms with Gasteiger partial charge in [0.25, 0.3) is 0 Å². The molecule has 10 heteroatoms. The number of benzene rings is 3. The van der Waals surface area contributed by atoms with E-state index in [1.807, 2.05) is 13.8 Å². The van der Waals surface area contributed by atoms with Crippen molar-refractivity contribution in [1.82, 2.24) is 4.90 Å². The second kappa shape index (κ2) is 11.5. The van der Waals surface area contributed by atoms with Gasteiger partial charge in [0.15, 0.2) is 5.60 Å². The van der Waals surface area contributed by atoms with Gasteiger partial charge in [0, 0.05) is 12.6 Å². The summed E-state index contributed by atoms with van der Waals surface area (Å²) in [6, 6.07) is 20.5. The Hall–Kier alpha value is -4.41. The molecule has 2 aliphatic rings. The largest absolute Gasteiger partial charge is 0.459 e. The molecule has 1 amide bonds. The Morgan fingerprint density at radius 1 is 0.929 bits per heavy atom. The van der Waals surface area contributed by atoms with Gasteiger partial charge < -0.3 is 19.3 Å². The molecule has 0 bridgehead atoms. The first kappa shape index (κ1) is 29.1. The van der Waals surface area contributed by atoms with E-state index in [2.05, 4.69) is 0 Å². The highest BCUT2D eigenvalue weighted by Crippen LogP contribution is 2.44. The van der Waals surface area contributed by atoms with Crippen molar-refractivity contribution < 1.29 is 42.5 Å². The molecule has 5 rings (SSSR count). The maximum Gasteiger partial charge on any atom is 0.360 e. The van der Waals surface area contributed by atoms with Crippen LogP contribution in [0.3, 0.4) is 0 Å². The summed E-state index contributed by atoms with van der Waals surface area (Å²) in [6.07, 6.45) is -1.70. The zero-order valence-corrected chi connectivity index (χ0v) is 22.9. The number of ether oxygens (including phenoxy) is 3. The van der Waals surface area contributed by atoms with E-state index in [9.17, 15) is 19.5 Å². The molecular formula is C32H29F2NO7. The van der Waals surface area contributed by atoms with Crippen molar-refractivity contribution in [2.75, 3.05) is 6.61 Å². The fraction of sp³-hybridized carbons (Fsp3) is 0.281. The Kier molecular flexibility index (Phi) is 7.94. The van der Waals surface area contributed by atoms with Crippen molar-refractivity contribution in [3.05, 3.63) is 119 Å². The molecule has 3 aromatic rings. The molecule has 1 fully saturated rings. The van der Waals surface area contributed by atoms with Crippen LogP contribution in [0.1, 0.15) is 43.8 Å². The van der Waals surface area contributed by atoms with Crippen molar-refractivity contribution in [1.29, 1.82) is 0 Å². The van der Waals surface area contributed by atoms with E-state index in [0.717, 1.165) is 23.4 Å². The fourth-order valence-corrected chi connectivity index (χ4v) is 4.85. The summed E-state index contributed by atoms with van der Waals surface area (Å²) in [6.45, 7) is 3.36. The molecule has 0 spiro atoms. The third-order valence-electron chi connectivity index (χ3n) is 7.37. The number of alkyl halides is 2. The molecule has 1 unspecified atom stereocenters. The van der Waals surface area contributed by atoms with Gasteiger partial charge in [0.1, 0.15) is 25.0 Å². The molecule has 2 aliphatic heterocycles. The molecule has 0 aliphatic carbocycles. The molecule has 0 saturated carbocycles. The molecule has 2 heterocycles. The van der Waals surface area contributed by atoms with E-state index in [1.165, 1.54) is 24.3 Å². The molecule has 0 radical (unpaired) electrons. The molecule has 0 aromatic heterocycles. The Morgan fingerprint density at radius 2 is 1.50 bits per heavy atom. The van der Waals surface area contributed by atoms with Crippen LogP contribution in [0.4, 0.5) is 8.78 Å². The van der Waals surface area contributed by atoms with Crippen molar-refractivity contribution in [3.63, 3.8) is 0 Å². The summed E-state index contributed by atoms with van der Waals surface area (Å²) in [4.78, 5) is 39.3. The number of carbonyl (C=O) groups excluding carboxylic acids is 3. The molecule has 1 N–H and O–H groups in total. The molecule has 1 saturated heterocycles. The first-order valence-electron chi connectivity index (χ1n) is 13.3. The lowest BCUT2D eigenvalue weighted by molar-refractivity contribution is -0.204. The highest BCUT2D eigenvalue weighted by molar-refractivity contribution is 5.90. The number of hydrogen-bond donors (Lipinski definition) is 1. The number of aryl methyl sites for hydroxylation is 2. The highest BCUT2D eigenvalue weighted by Gasteiger charge is 2.63. The van der Waals surface area contributed by atoms with Crippen molar-refractivity contribution in [2.24, 2.45) is 0 Å². The van der Waals surface area contributed by atoms with Crippen LogP contribution in [0.15, 0.2) is 91.1 Å². The summed E-state index contributed by atoms with van der Waals surface area (Å²) >= 11 is 0. The Balaban J connectivity index is 1.37. The SMILES string of the molecule is Cc1ccc(C(=O)OC[C@H]2O[C@@H](N3C=CC(O)(c4ccccc4)C(F)(F)C3=O)C[C@@H]2OC(=O)c2ccc(C)cc2)cc1. The Labute approximate surface area is 241 Å². The summed E-state index contributed by atoms with van der Waals surface area (Å²) in [5.74, 6) is -7.28. The van der Waals surface area contributed by atoms with Crippen molar-refractivity contribution in [2.45, 2.75) is 50.2 Å². The number of carbonyl (C=O) groups is 3. The summed E-state index contributed by atoms with van der Waals surface area (Å²) in [5, 5.41) is 10.9. The molecular weight excluding hydrogens is 548 g/mol. The number of halogens is 2. The molecule has 4 atom stereocenters. The predicted molar refractivity (Wildman–Crippen MR) is 146 cm³/mol. The van der Waals surface area contributed by atoms with E-state index >= 15 is 8.78 Å². The lowest BCUT2D eigenvalue weighted by Gasteiger charge is -2.40. The maximum atomic E-state index is 15.5. The van der Waals surface area contributed by atoms with Gasteiger partial charge in [0.05, 0.1) is 11.1 Å². The zero-order valence-electron chi connectivity index (χ0n) is 22.9. The smallest absolute Gasteiger partial charge is 0.360 e. The number of nitrogens with zero attached hydrogens (tertiary/aromatic N) is 1. The lowest BCUT2D eigenvalue weighted by atomic mass is 9.84. The van der Waals surface area contributed by atoms with Crippen molar-refractivity contribution in [3.8, 4) is 0 Å². The minimum atomic E-state index is -4.24. The molecule has 3 aromatic carbocycles. The van der Waals surface area contributed by atoms with E-state index in [4.69, 9.17) is 14.2 Å². The summed E-state index contributed by atoms with van der Waals surface area (Å²) in [7, 11) is 0. The minimum absolute atomic E-state index is 0.155. The second-order valence-electron chi connectivity index (χ2n) is 10.4. The third-order valence-corrected chi connectivity index (χ3v) is 7.37. The van der Waals surface area contributed by atoms with E-state index in [-0.39, 0.29) is 29.7 Å². The van der Waals surface area contributed by atoms with Crippen LogP contribution in [-0.2, 0) is 24.6 Å². The number of aliphatic hydroxyl groups is 1. The van der Waals surface area contributed by atoms with Gasteiger partial charge in [-0.3, -0.25) is 9.69 Å². The van der Waals surface area contributed by atoms with Crippen LogP contribution >= 0.6 is 0 Å². The number of amides is 1. The average molecular weight is 578 g/mol. The van der Waals surface area contributed by atoms with Crippen LogP contribution < -0.4 is 0 Å². The standard InChI is InChI=1S/C32H29F2NO7/c1-20-8-12-22(13-9-20)28(36)40-19-26-25(42-29(37)23-14-10-21(2)11-15-23)18-27(41-26)35-17-16-31(39,32(33,34)30(35)38)24-6-4-3-5-7-24/h3-17,25-27,39H,18-19H2,1-2H3/t25-,26+,27+,31?/m0/s1. The molecule has 42 heavy (non-hydrogen) atoms. The van der Waals surface area contributed by atoms with Gasteiger partial charge in [0.2, 0.25) is 0 Å². The van der Waals surface area contributed by atoms with Gasteiger partial charge in [-0.25, -0.2) is 9.59 Å². The van der Waals surface area contributed by atoms with Crippen LogP contribution in [0.25, 0.3) is 0 Å². The van der Waals surface area contributed by atoms with E-state index < -0.39 is 47.8 Å². The number of hydrogen-bond acceptors (Lipinski definition) is 7. The maximum absolute atomic E-state index is 15.5. The lowest BCUT2D eigenvalue weighted by Crippen LogP contribution is -2.59. The molecule has 218 valence electrons. The molecule has 8 nitrogen and oxygen atoms in total. The minimum Gasteiger partial charge on any atom is -0.459 e. The van der Waals surface area contributed by atoms with Crippen LogP contribution in [0.2, 0.25) is 0 Å². The van der Waals surface area contributed by atoms with Gasteiger partial charge in [-0.2, -0.15) is 8.78 Å². The predicted octanol–water partition coefficient (Wildman–Crippen LogP) is 4.68. The fourth-order valence-electron chi connectivity index (χ4n) is 4.85. The van der Waals surface area contributed by atoms with Gasteiger partial charge in [-0.15, -0.1) is 0 Å². The van der Waals surface area contributed by atoms with Gasteiger partial charge >= 0.3 is 23.8 Å². The number of esters is 2. The van der Waals surface area contributed by atoms with Crippen LogP contribution in [0, 0.1) is 13.8 Å². The highest BCUT2D eigenvalue weighted by atomic mass is 19.3. The normalized spacial score (nSPS) is 24.8. The zero-order chi connectivity index (χ0) is 30.1. The van der Waals surface area contributed by atoms with E-state index in [0.29, 0.717) is 4.90 Å². The first-order chi connectivity index (χ1) is 20.0. The van der Waals surface area contributed by atoms with Crippen LogP contribution in [0.5, 0.6) is 0 Å². The first-order valence-corrected chi connectivity index (χ1v) is 13.3. The topological polar surface area (TPSA) is 102 Å².